The van der Waals surface area contributed by atoms with Gasteiger partial charge < -0.3 is 10.1 Å². The quantitative estimate of drug-likeness (QED) is 0.516. The third-order valence-electron chi connectivity index (χ3n) is 4.06. The van der Waals surface area contributed by atoms with Gasteiger partial charge in [0.25, 0.3) is 5.91 Å². The molecular weight excluding hydrogens is 404 g/mol. The van der Waals surface area contributed by atoms with Crippen LogP contribution in [-0.2, 0) is 6.42 Å². The summed E-state index contributed by atoms with van der Waals surface area (Å²) in [6.07, 6.45) is 1.95. The summed E-state index contributed by atoms with van der Waals surface area (Å²) in [5.41, 5.74) is 3.06. The summed E-state index contributed by atoms with van der Waals surface area (Å²) in [6, 6.07) is 18.7. The molecule has 3 rings (SSSR count). The zero-order valence-electron chi connectivity index (χ0n) is 15.3. The van der Waals surface area contributed by atoms with Crippen LogP contribution >= 0.6 is 15.9 Å². The Balaban J connectivity index is 1.65. The van der Waals surface area contributed by atoms with Crippen molar-refractivity contribution in [2.24, 2.45) is 0 Å². The topological polar surface area (TPSA) is 51.2 Å². The molecule has 0 saturated carbocycles. The van der Waals surface area contributed by atoms with E-state index in [-0.39, 0.29) is 5.91 Å². The summed E-state index contributed by atoms with van der Waals surface area (Å²) in [7, 11) is 0. The van der Waals surface area contributed by atoms with Gasteiger partial charge in [0.15, 0.2) is 0 Å². The minimum atomic E-state index is -0.162. The monoisotopic (exact) mass is 424 g/mol. The molecule has 0 aliphatic heterocycles. The highest BCUT2D eigenvalue weighted by molar-refractivity contribution is 9.10. The Labute approximate surface area is 167 Å². The van der Waals surface area contributed by atoms with Gasteiger partial charge in [-0.2, -0.15) is 0 Å². The van der Waals surface area contributed by atoms with E-state index in [9.17, 15) is 4.79 Å². The lowest BCUT2D eigenvalue weighted by Gasteiger charge is -2.10. The number of aromatic nitrogens is 1. The number of carbonyl (C=O) groups is 1. The van der Waals surface area contributed by atoms with Gasteiger partial charge in [0, 0.05) is 15.9 Å². The van der Waals surface area contributed by atoms with Gasteiger partial charge in [0.2, 0.25) is 0 Å². The Bertz CT molecular complexity index is 922. The number of nitrogens with zero attached hydrogens (tertiary/aromatic N) is 1. The molecule has 138 valence electrons. The van der Waals surface area contributed by atoms with E-state index in [1.54, 1.807) is 0 Å². The van der Waals surface area contributed by atoms with Crippen molar-refractivity contribution in [3.63, 3.8) is 0 Å². The standard InChI is InChI=1S/C22H21BrN2O2/c1-3-4-17-9-14-21(15(2)24-17)22(26)25-18-7-12-20(13-8-18)27-19-10-5-16(23)6-11-19/h5-14H,3-4H2,1-2H3,(H,25,26). The van der Waals surface area contributed by atoms with E-state index in [1.165, 1.54) is 0 Å². The maximum Gasteiger partial charge on any atom is 0.257 e. The van der Waals surface area contributed by atoms with E-state index in [0.717, 1.165) is 34.5 Å². The predicted octanol–water partition coefficient (Wildman–Crippen LogP) is 6.15. The molecular formula is C22H21BrN2O2. The molecule has 5 heteroatoms. The normalized spacial score (nSPS) is 10.5. The number of ether oxygens (including phenoxy) is 1. The molecule has 3 aromatic rings. The number of benzene rings is 2. The first kappa shape index (κ1) is 19.1. The zero-order valence-corrected chi connectivity index (χ0v) is 16.9. The Morgan fingerprint density at radius 2 is 1.63 bits per heavy atom. The predicted molar refractivity (Wildman–Crippen MR) is 112 cm³/mol. The van der Waals surface area contributed by atoms with E-state index in [2.05, 4.69) is 33.2 Å². The van der Waals surface area contributed by atoms with Gasteiger partial charge in [-0.05, 0) is 74.0 Å². The number of rotatable bonds is 6. The number of hydrogen-bond acceptors (Lipinski definition) is 3. The third kappa shape index (κ3) is 5.17. The second-order valence-corrected chi connectivity index (χ2v) is 7.14. The molecule has 0 bridgehead atoms. The molecule has 1 N–H and O–H groups in total. The molecule has 0 fully saturated rings. The summed E-state index contributed by atoms with van der Waals surface area (Å²) in [5, 5.41) is 2.91. The van der Waals surface area contributed by atoms with Crippen LogP contribution in [0.4, 0.5) is 5.69 Å². The third-order valence-corrected chi connectivity index (χ3v) is 4.58. The first-order valence-electron chi connectivity index (χ1n) is 8.86. The summed E-state index contributed by atoms with van der Waals surface area (Å²) in [4.78, 5) is 17.0. The second-order valence-electron chi connectivity index (χ2n) is 6.22. The second kappa shape index (κ2) is 8.82. The molecule has 0 saturated heterocycles. The number of hydrogen-bond donors (Lipinski definition) is 1. The van der Waals surface area contributed by atoms with E-state index >= 15 is 0 Å². The van der Waals surface area contributed by atoms with Gasteiger partial charge in [-0.25, -0.2) is 0 Å². The molecule has 0 spiro atoms. The number of aryl methyl sites for hydroxylation is 2. The SMILES string of the molecule is CCCc1ccc(C(=O)Nc2ccc(Oc3ccc(Br)cc3)cc2)c(C)n1. The van der Waals surface area contributed by atoms with Crippen LogP contribution < -0.4 is 10.1 Å². The van der Waals surface area contributed by atoms with Crippen LogP contribution in [0, 0.1) is 6.92 Å². The average Bonchev–Trinajstić information content (AvgIpc) is 2.65. The van der Waals surface area contributed by atoms with Gasteiger partial charge in [-0.15, -0.1) is 0 Å². The number of nitrogens with one attached hydrogen (secondary N) is 1. The van der Waals surface area contributed by atoms with Crippen LogP contribution in [0.15, 0.2) is 65.1 Å². The van der Waals surface area contributed by atoms with Crippen molar-refractivity contribution in [3.05, 3.63) is 82.1 Å². The maximum absolute atomic E-state index is 12.5. The Morgan fingerprint density at radius 3 is 2.22 bits per heavy atom. The number of anilines is 1. The molecule has 0 atom stereocenters. The van der Waals surface area contributed by atoms with E-state index in [4.69, 9.17) is 4.74 Å². The van der Waals surface area contributed by atoms with Crippen molar-refractivity contribution in [2.75, 3.05) is 5.32 Å². The highest BCUT2D eigenvalue weighted by Crippen LogP contribution is 2.24. The van der Waals surface area contributed by atoms with Gasteiger partial charge >= 0.3 is 0 Å². The maximum atomic E-state index is 12.5. The fourth-order valence-corrected chi connectivity index (χ4v) is 2.96. The molecule has 4 nitrogen and oxygen atoms in total. The van der Waals surface area contributed by atoms with E-state index in [0.29, 0.717) is 17.0 Å². The number of amides is 1. The fourth-order valence-electron chi connectivity index (χ4n) is 2.69. The Hall–Kier alpha value is -2.66. The van der Waals surface area contributed by atoms with Crippen molar-refractivity contribution < 1.29 is 9.53 Å². The molecule has 1 aromatic heterocycles. The highest BCUT2D eigenvalue weighted by atomic mass is 79.9. The van der Waals surface area contributed by atoms with Gasteiger partial charge in [0.05, 0.1) is 11.3 Å². The van der Waals surface area contributed by atoms with Crippen LogP contribution in [0.5, 0.6) is 11.5 Å². The molecule has 27 heavy (non-hydrogen) atoms. The Morgan fingerprint density at radius 1 is 1.00 bits per heavy atom. The van der Waals surface area contributed by atoms with E-state index in [1.807, 2.05) is 67.6 Å². The molecule has 0 radical (unpaired) electrons. The largest absolute Gasteiger partial charge is 0.457 e. The first-order chi connectivity index (χ1) is 13.0. The average molecular weight is 425 g/mol. The molecule has 1 amide bonds. The molecule has 0 unspecified atom stereocenters. The van der Waals surface area contributed by atoms with Crippen LogP contribution in [-0.4, -0.2) is 10.9 Å². The minimum Gasteiger partial charge on any atom is -0.457 e. The summed E-state index contributed by atoms with van der Waals surface area (Å²) in [6.45, 7) is 3.98. The first-order valence-corrected chi connectivity index (χ1v) is 9.66. The lowest BCUT2D eigenvalue weighted by Crippen LogP contribution is -2.14. The van der Waals surface area contributed by atoms with Crippen molar-refractivity contribution in [2.45, 2.75) is 26.7 Å². The van der Waals surface area contributed by atoms with Crippen molar-refractivity contribution in [1.82, 2.24) is 4.98 Å². The van der Waals surface area contributed by atoms with Crippen molar-refractivity contribution in [1.29, 1.82) is 0 Å². The van der Waals surface area contributed by atoms with Crippen LogP contribution in [0.3, 0.4) is 0 Å². The van der Waals surface area contributed by atoms with E-state index < -0.39 is 0 Å². The summed E-state index contributed by atoms with van der Waals surface area (Å²) in [5.74, 6) is 1.30. The van der Waals surface area contributed by atoms with Gasteiger partial charge in [-0.3, -0.25) is 9.78 Å². The molecule has 0 aliphatic rings. The molecule has 1 heterocycles. The van der Waals surface area contributed by atoms with Gasteiger partial charge in [-0.1, -0.05) is 29.3 Å². The van der Waals surface area contributed by atoms with Crippen LogP contribution in [0.25, 0.3) is 0 Å². The van der Waals surface area contributed by atoms with Gasteiger partial charge in [0.1, 0.15) is 11.5 Å². The molecule has 2 aromatic carbocycles. The lowest BCUT2D eigenvalue weighted by molar-refractivity contribution is 0.102. The van der Waals surface area contributed by atoms with Crippen molar-refractivity contribution >= 4 is 27.5 Å². The van der Waals surface area contributed by atoms with Crippen LogP contribution in [0.1, 0.15) is 35.1 Å². The van der Waals surface area contributed by atoms with Crippen molar-refractivity contribution in [3.8, 4) is 11.5 Å². The van der Waals surface area contributed by atoms with Crippen LogP contribution in [0.2, 0.25) is 0 Å². The fraction of sp³-hybridized carbons (Fsp3) is 0.182. The minimum absolute atomic E-state index is 0.162. The number of halogens is 1. The number of carbonyl (C=O) groups excluding carboxylic acids is 1. The number of pyridine rings is 1. The lowest BCUT2D eigenvalue weighted by atomic mass is 10.1. The smallest absolute Gasteiger partial charge is 0.257 e. The summed E-state index contributed by atoms with van der Waals surface area (Å²) < 4.78 is 6.79. The summed E-state index contributed by atoms with van der Waals surface area (Å²) >= 11 is 3.40. The highest BCUT2D eigenvalue weighted by Gasteiger charge is 2.11. The Kier molecular flexibility index (Phi) is 6.24. The zero-order chi connectivity index (χ0) is 19.2. The molecule has 0 aliphatic carbocycles.